The van der Waals surface area contributed by atoms with Crippen molar-refractivity contribution in [1.29, 1.82) is 5.26 Å². The molecule has 57 heavy (non-hydrogen) atoms. The Hall–Kier alpha value is -4.65. The van der Waals surface area contributed by atoms with Crippen molar-refractivity contribution in [2.45, 2.75) is 98.9 Å². The van der Waals surface area contributed by atoms with Crippen LogP contribution in [0.3, 0.4) is 0 Å². The number of aryl methyl sites for hydroxylation is 7. The summed E-state index contributed by atoms with van der Waals surface area (Å²) in [5.74, 6) is 3.88. The fraction of sp³-hybridized carbons (Fsp3) is 0.410. The van der Waals surface area contributed by atoms with Gasteiger partial charge in [-0.05, 0) is 104 Å². The summed E-state index contributed by atoms with van der Waals surface area (Å²) in [7, 11) is 0. The molecule has 7 aromatic rings. The van der Waals surface area contributed by atoms with E-state index in [9.17, 15) is 0 Å². The molecule has 0 saturated carbocycles. The maximum atomic E-state index is 8.52. The number of nitrogen functional groups attached to an aromatic ring is 1. The molecule has 3 N–H and O–H groups in total. The Kier molecular flexibility index (Phi) is 23.1. The second-order valence-electron chi connectivity index (χ2n) is 11.0. The highest BCUT2D eigenvalue weighted by atomic mass is 35.5. The maximum Gasteiger partial charge on any atom is 0.234 e. The molecule has 0 spiro atoms. The van der Waals surface area contributed by atoms with Crippen molar-refractivity contribution >= 4 is 85.6 Å². The molecule has 0 saturated heterocycles. The number of nitrogens with two attached hydrogens (primary N) is 1. The second kappa shape index (κ2) is 24.2. The highest BCUT2D eigenvalue weighted by Gasteiger charge is 2.17. The molecule has 0 aliphatic heterocycles. The van der Waals surface area contributed by atoms with Gasteiger partial charge in [-0.25, -0.2) is 9.97 Å². The summed E-state index contributed by atoms with van der Waals surface area (Å²) in [6.07, 6.45) is 1.68. The molecule has 0 fully saturated rings. The molecule has 0 atom stereocenters. The molecule has 0 aliphatic rings. The summed E-state index contributed by atoms with van der Waals surface area (Å²) in [6, 6.07) is 1.97. The third-order valence-electron chi connectivity index (χ3n) is 7.64. The number of aliphatic hydroxyl groups is 1. The van der Waals surface area contributed by atoms with E-state index in [1.54, 1.807) is 20.0 Å². The summed E-state index contributed by atoms with van der Waals surface area (Å²) in [4.78, 5) is 23.6. The van der Waals surface area contributed by atoms with E-state index in [2.05, 4.69) is 29.9 Å². The lowest BCUT2D eigenvalue weighted by atomic mass is 10.2. The summed E-state index contributed by atoms with van der Waals surface area (Å²) < 4.78 is 26.5. The topological polar surface area (TPSA) is 209 Å². The first kappa shape index (κ1) is 54.5. The van der Waals surface area contributed by atoms with E-state index in [1.165, 1.54) is 0 Å². The van der Waals surface area contributed by atoms with Gasteiger partial charge < -0.3 is 33.2 Å². The number of furan rings is 4. The molecule has 18 heteroatoms. The minimum atomic E-state index is 0. The van der Waals surface area contributed by atoms with Crippen molar-refractivity contribution in [3.8, 4) is 11.9 Å². The van der Waals surface area contributed by atoms with Gasteiger partial charge in [-0.3, -0.25) is 0 Å². The molecule has 14 nitrogen and oxygen atoms in total. The predicted octanol–water partition coefficient (Wildman–Crippen LogP) is 12.4. The zero-order chi connectivity index (χ0) is 39.7. The average molecular weight is 873 g/mol. The molecule has 7 heterocycles. The third kappa shape index (κ3) is 13.2. The van der Waals surface area contributed by atoms with Crippen molar-refractivity contribution in [1.82, 2.24) is 29.9 Å². The van der Waals surface area contributed by atoms with E-state index >= 15 is 0 Å². The Labute approximate surface area is 354 Å². The van der Waals surface area contributed by atoms with Crippen molar-refractivity contribution in [2.75, 3.05) is 18.9 Å². The fourth-order valence-electron chi connectivity index (χ4n) is 4.49. The Morgan fingerprint density at radius 1 is 0.649 bits per heavy atom. The molecule has 0 amide bonds. The molecule has 314 valence electrons. The second-order valence-corrected chi connectivity index (χ2v) is 12.4. The van der Waals surface area contributed by atoms with E-state index in [0.717, 1.165) is 55.7 Å². The predicted molar refractivity (Wildman–Crippen MR) is 232 cm³/mol. The number of halogens is 4. The summed E-state index contributed by atoms with van der Waals surface area (Å²) in [5.41, 5.74) is 11.2. The van der Waals surface area contributed by atoms with Gasteiger partial charge in [0.25, 0.3) is 0 Å². The minimum Gasteiger partial charge on any atom is -0.477 e. The number of nitrogens with zero attached hydrogens (tertiary/aromatic N) is 7. The van der Waals surface area contributed by atoms with Crippen LogP contribution >= 0.6 is 46.4 Å². The molecule has 0 unspecified atom stereocenters. The Morgan fingerprint density at radius 2 is 1.09 bits per heavy atom. The van der Waals surface area contributed by atoms with E-state index < -0.39 is 0 Å². The number of hydrogen-bond donors (Lipinski definition) is 2. The van der Waals surface area contributed by atoms with Crippen LogP contribution in [0.25, 0.3) is 33.3 Å². The number of ether oxygens (including phenoxy) is 1. The Balaban J connectivity index is 0. The van der Waals surface area contributed by atoms with Gasteiger partial charge in [-0.1, -0.05) is 41.3 Å². The number of rotatable bonds is 2. The van der Waals surface area contributed by atoms with Gasteiger partial charge in [0.2, 0.25) is 44.8 Å². The van der Waals surface area contributed by atoms with E-state index in [0.29, 0.717) is 46.1 Å². The molecule has 0 bridgehead atoms. The van der Waals surface area contributed by atoms with Crippen LogP contribution in [0.1, 0.15) is 94.4 Å². The minimum absolute atomic E-state index is 0. The van der Waals surface area contributed by atoms with Gasteiger partial charge in [0, 0.05) is 35.1 Å². The van der Waals surface area contributed by atoms with Crippen LogP contribution in [0, 0.1) is 66.7 Å². The largest absolute Gasteiger partial charge is 0.477 e. The van der Waals surface area contributed by atoms with E-state index in [4.69, 9.17) is 84.9 Å². The van der Waals surface area contributed by atoms with Crippen LogP contribution in [-0.4, -0.2) is 48.2 Å². The number of fused-ring (bicyclic) bond motifs is 3. The van der Waals surface area contributed by atoms with Gasteiger partial charge in [0.15, 0.2) is 0 Å². The molecular formula is C39H54Cl4N8O6. The van der Waals surface area contributed by atoms with Crippen LogP contribution in [-0.2, 0) is 0 Å². The Bertz CT molecular complexity index is 2400. The molecule has 7 aromatic heterocycles. The first-order valence-electron chi connectivity index (χ1n) is 15.9. The number of nitriles is 1. The van der Waals surface area contributed by atoms with Crippen LogP contribution in [0.4, 0.5) is 5.88 Å². The average Bonchev–Trinajstić information content (AvgIpc) is 3.72. The van der Waals surface area contributed by atoms with Crippen molar-refractivity contribution in [3.63, 3.8) is 0 Å². The van der Waals surface area contributed by atoms with Crippen molar-refractivity contribution in [2.24, 2.45) is 0 Å². The number of aromatic nitrogens is 6. The maximum absolute atomic E-state index is 8.52. The van der Waals surface area contributed by atoms with Gasteiger partial charge in [0.05, 0.1) is 17.4 Å². The highest BCUT2D eigenvalue weighted by Crippen LogP contribution is 2.32. The monoisotopic (exact) mass is 870 g/mol. The van der Waals surface area contributed by atoms with Crippen LogP contribution in [0.15, 0.2) is 23.9 Å². The van der Waals surface area contributed by atoms with Crippen molar-refractivity contribution < 1.29 is 27.5 Å². The van der Waals surface area contributed by atoms with Gasteiger partial charge in [-0.15, -0.1) is 0 Å². The first-order chi connectivity index (χ1) is 25.0. The quantitative estimate of drug-likeness (QED) is 0.122. The lowest BCUT2D eigenvalue weighted by Gasteiger charge is -2.02. The molecule has 7 rings (SSSR count). The van der Waals surface area contributed by atoms with Crippen LogP contribution in [0.2, 0.25) is 21.0 Å². The lowest BCUT2D eigenvalue weighted by molar-refractivity contribution is 0.318. The molecule has 0 radical (unpaired) electrons. The van der Waals surface area contributed by atoms with Crippen LogP contribution in [0.5, 0.6) is 5.88 Å². The van der Waals surface area contributed by atoms with Crippen LogP contribution < -0.4 is 10.5 Å². The zero-order valence-electron chi connectivity index (χ0n) is 30.7. The Morgan fingerprint density at radius 3 is 1.56 bits per heavy atom. The summed E-state index contributed by atoms with van der Waals surface area (Å²) in [5, 5.41) is 19.4. The normalized spacial score (nSPS) is 9.65. The standard InChI is InChI=1S/C10H11ClN2O2.C8H6Cl2N2O.C8H7ClN2O.C7H8N2O.C2H6O.4CH4/c1-4-14-8-7-5(2)6(3)15-9(7)13-10(11)12-8;1-3-4(2)13-7-5(3)6(9)11-8(10)12-7;1-4-5(2)12-7-6(4)3-10-8(9)11-7;1-4-5(2)10-7(9)6(4)3-8;1-2-3;;;;/h4H2,1-3H3;1-2H3;3H,1-2H3;9H2,1-2H3;3H,2H2,1H3;4*1H4. The number of anilines is 1. The van der Waals surface area contributed by atoms with E-state index in [1.807, 2.05) is 61.5 Å². The fourth-order valence-corrected chi connectivity index (χ4v) is 5.28. The van der Waals surface area contributed by atoms with Gasteiger partial charge in [0.1, 0.15) is 45.2 Å². The lowest BCUT2D eigenvalue weighted by Crippen LogP contribution is -1.96. The van der Waals surface area contributed by atoms with Gasteiger partial charge in [-0.2, -0.15) is 25.2 Å². The van der Waals surface area contributed by atoms with Gasteiger partial charge >= 0.3 is 0 Å². The third-order valence-corrected chi connectivity index (χ3v) is 8.43. The smallest absolute Gasteiger partial charge is 0.234 e. The molecule has 0 aliphatic carbocycles. The summed E-state index contributed by atoms with van der Waals surface area (Å²) >= 11 is 22.9. The highest BCUT2D eigenvalue weighted by molar-refractivity contribution is 6.35. The molecular weight excluding hydrogens is 818 g/mol. The van der Waals surface area contributed by atoms with E-state index in [-0.39, 0.29) is 58.0 Å². The first-order valence-corrected chi connectivity index (χ1v) is 17.4. The van der Waals surface area contributed by atoms with Crippen molar-refractivity contribution in [3.05, 3.63) is 78.1 Å². The molecule has 0 aromatic carbocycles. The summed E-state index contributed by atoms with van der Waals surface area (Å²) in [6.45, 7) is 19.4. The number of aliphatic hydroxyl groups excluding tert-OH is 1. The zero-order valence-corrected chi connectivity index (χ0v) is 33.7. The number of hydrogen-bond acceptors (Lipinski definition) is 14. The SMILES string of the molecule is C.C.C.C.CCO.CCOc1nc(Cl)nc2oc(C)c(C)c12.Cc1oc(N)c(C#N)c1C.Cc1oc2nc(Cl)nc(Cl)c2c1C.Cc1oc2nc(Cl)ncc2c1C.